The fourth-order valence-electron chi connectivity index (χ4n) is 1.52. The van der Waals surface area contributed by atoms with Crippen LogP contribution >= 0.6 is 33.9 Å². The molecule has 72 valence electrons. The largest absolute Gasteiger partial charge is 0.499 e. The van der Waals surface area contributed by atoms with Crippen LogP contribution in [0.2, 0.25) is 0 Å². The minimum Gasteiger partial charge on any atom is -0.423 e. The van der Waals surface area contributed by atoms with Crippen LogP contribution in [-0.4, -0.2) is 17.2 Å². The molecule has 0 saturated heterocycles. The van der Waals surface area contributed by atoms with Gasteiger partial charge in [-0.2, -0.15) is 0 Å². The van der Waals surface area contributed by atoms with Gasteiger partial charge in [0.2, 0.25) is 0 Å². The maximum atomic E-state index is 9.16. The average Bonchev–Trinajstić information content (AvgIpc) is 2.45. The van der Waals surface area contributed by atoms with Crippen molar-refractivity contribution in [2.24, 2.45) is 0 Å². The molecule has 2 N–H and O–H groups in total. The quantitative estimate of drug-likeness (QED) is 0.618. The summed E-state index contributed by atoms with van der Waals surface area (Å²) >= 11 is 3.71. The van der Waals surface area contributed by atoms with E-state index in [9.17, 15) is 0 Å². The third-order valence-corrected chi connectivity index (χ3v) is 4.37. The van der Waals surface area contributed by atoms with E-state index in [4.69, 9.17) is 10.0 Å². The molecule has 0 aliphatic rings. The van der Waals surface area contributed by atoms with E-state index in [1.165, 1.54) is 11.3 Å². The van der Waals surface area contributed by atoms with Crippen LogP contribution in [-0.2, 0) is 0 Å². The van der Waals surface area contributed by atoms with E-state index in [-0.39, 0.29) is 0 Å². The van der Waals surface area contributed by atoms with Crippen molar-refractivity contribution in [2.75, 3.05) is 0 Å². The highest BCUT2D eigenvalue weighted by Crippen LogP contribution is 2.27. The Morgan fingerprint density at radius 2 is 2.07 bits per heavy atom. The van der Waals surface area contributed by atoms with Crippen LogP contribution < -0.4 is 4.78 Å². The molecule has 0 aliphatic heterocycles. The summed E-state index contributed by atoms with van der Waals surface area (Å²) in [6, 6.07) is 6.00. The molecule has 0 unspecified atom stereocenters. The number of fused-ring (bicyclic) bond motifs is 1. The Hall–Kier alpha value is -0.105. The van der Waals surface area contributed by atoms with Crippen LogP contribution in [0.5, 0.6) is 0 Å². The van der Waals surface area contributed by atoms with Crippen LogP contribution in [0.1, 0.15) is 5.56 Å². The summed E-state index contributed by atoms with van der Waals surface area (Å²) in [5.74, 6) is 0. The van der Waals surface area contributed by atoms with Gasteiger partial charge < -0.3 is 10.0 Å². The van der Waals surface area contributed by atoms with E-state index in [0.717, 1.165) is 19.2 Å². The van der Waals surface area contributed by atoms with Crippen LogP contribution in [0.4, 0.5) is 0 Å². The Balaban J connectivity index is 2.81. The zero-order valence-corrected chi connectivity index (χ0v) is 10.5. The van der Waals surface area contributed by atoms with Crippen molar-refractivity contribution < 1.29 is 10.0 Å². The van der Waals surface area contributed by atoms with Crippen molar-refractivity contribution in [1.29, 1.82) is 0 Å². The van der Waals surface area contributed by atoms with Crippen molar-refractivity contribution in [2.45, 2.75) is 6.92 Å². The molecule has 2 rings (SSSR count). The number of hydrogen-bond donors (Lipinski definition) is 2. The Labute approximate surface area is 99.9 Å². The fourth-order valence-corrected chi connectivity index (χ4v) is 3.71. The molecule has 1 aromatic carbocycles. The predicted molar refractivity (Wildman–Crippen MR) is 69.1 cm³/mol. The summed E-state index contributed by atoms with van der Waals surface area (Å²) in [4.78, 5) is 0. The van der Waals surface area contributed by atoms with Gasteiger partial charge in [-0.25, -0.2) is 0 Å². The molecule has 0 radical (unpaired) electrons. The molecular formula is C9H8BIO2S. The summed E-state index contributed by atoms with van der Waals surface area (Å²) < 4.78 is 2.90. The Morgan fingerprint density at radius 1 is 1.36 bits per heavy atom. The molecule has 1 heterocycles. The highest BCUT2D eigenvalue weighted by molar-refractivity contribution is 14.1. The van der Waals surface area contributed by atoms with Gasteiger partial charge in [0.1, 0.15) is 0 Å². The van der Waals surface area contributed by atoms with E-state index < -0.39 is 7.12 Å². The first-order valence-electron chi connectivity index (χ1n) is 4.15. The maximum Gasteiger partial charge on any atom is 0.499 e. The van der Waals surface area contributed by atoms with E-state index in [2.05, 4.69) is 22.6 Å². The zero-order valence-electron chi connectivity index (χ0n) is 7.49. The lowest BCUT2D eigenvalue weighted by atomic mass is 9.86. The molecule has 2 nitrogen and oxygen atoms in total. The van der Waals surface area contributed by atoms with E-state index in [1.807, 2.05) is 25.1 Å². The van der Waals surface area contributed by atoms with Gasteiger partial charge in [0.05, 0.1) is 0 Å². The van der Waals surface area contributed by atoms with Crippen LogP contribution in [0.15, 0.2) is 18.2 Å². The van der Waals surface area contributed by atoms with Crippen LogP contribution in [0.25, 0.3) is 10.1 Å². The molecule has 0 fully saturated rings. The van der Waals surface area contributed by atoms with Gasteiger partial charge in [0.25, 0.3) is 0 Å². The number of halogens is 1. The molecule has 2 aromatic rings. The highest BCUT2D eigenvalue weighted by atomic mass is 127. The van der Waals surface area contributed by atoms with E-state index in [1.54, 1.807) is 0 Å². The molecular weight excluding hydrogens is 310 g/mol. The zero-order chi connectivity index (χ0) is 10.3. The molecule has 0 atom stereocenters. The SMILES string of the molecule is Cc1c(B(O)O)sc2cccc(I)c12. The van der Waals surface area contributed by atoms with Crippen molar-refractivity contribution in [1.82, 2.24) is 0 Å². The Morgan fingerprint density at radius 3 is 2.64 bits per heavy atom. The van der Waals surface area contributed by atoms with Gasteiger partial charge in [-0.3, -0.25) is 0 Å². The number of aryl methyl sites for hydroxylation is 1. The maximum absolute atomic E-state index is 9.16. The lowest BCUT2D eigenvalue weighted by Crippen LogP contribution is -2.28. The molecule has 1 aromatic heterocycles. The smallest absolute Gasteiger partial charge is 0.423 e. The first kappa shape index (κ1) is 10.4. The number of hydrogen-bond acceptors (Lipinski definition) is 3. The first-order chi connectivity index (χ1) is 6.61. The molecule has 5 heteroatoms. The molecule has 0 spiro atoms. The van der Waals surface area contributed by atoms with Crippen LogP contribution in [0.3, 0.4) is 0 Å². The second kappa shape index (κ2) is 3.81. The third-order valence-electron chi connectivity index (χ3n) is 2.17. The summed E-state index contributed by atoms with van der Waals surface area (Å²) in [5.41, 5.74) is 0.977. The van der Waals surface area contributed by atoms with Gasteiger partial charge in [0, 0.05) is 18.4 Å². The molecule has 0 saturated carbocycles. The standard InChI is InChI=1S/C9H8BIO2S/c1-5-8-6(11)3-2-4-7(8)14-9(5)10(12)13/h2-4,12-13H,1H3. The highest BCUT2D eigenvalue weighted by Gasteiger charge is 2.19. The van der Waals surface area contributed by atoms with Gasteiger partial charge >= 0.3 is 7.12 Å². The summed E-state index contributed by atoms with van der Waals surface area (Å²) in [6.07, 6.45) is 0. The van der Waals surface area contributed by atoms with Gasteiger partial charge in [-0.15, -0.1) is 11.3 Å². The van der Waals surface area contributed by atoms with Gasteiger partial charge in [-0.1, -0.05) is 6.07 Å². The molecule has 0 aliphatic carbocycles. The summed E-state index contributed by atoms with van der Waals surface area (Å²) in [7, 11) is -1.36. The van der Waals surface area contributed by atoms with Gasteiger partial charge in [0.15, 0.2) is 0 Å². The lowest BCUT2D eigenvalue weighted by molar-refractivity contribution is 0.426. The summed E-state index contributed by atoms with van der Waals surface area (Å²) in [6.45, 7) is 1.93. The van der Waals surface area contributed by atoms with Crippen molar-refractivity contribution in [3.8, 4) is 0 Å². The van der Waals surface area contributed by atoms with Crippen molar-refractivity contribution in [3.05, 3.63) is 27.3 Å². The summed E-state index contributed by atoms with van der Waals surface area (Å²) in [5, 5.41) is 19.5. The Kier molecular flexibility index (Phi) is 2.83. The second-order valence-electron chi connectivity index (χ2n) is 3.08. The van der Waals surface area contributed by atoms with E-state index in [0.29, 0.717) is 4.78 Å². The van der Waals surface area contributed by atoms with Crippen molar-refractivity contribution >= 4 is 55.9 Å². The minimum atomic E-state index is -1.36. The van der Waals surface area contributed by atoms with Crippen LogP contribution in [0, 0.1) is 10.5 Å². The number of benzene rings is 1. The van der Waals surface area contributed by atoms with Crippen molar-refractivity contribution in [3.63, 3.8) is 0 Å². The average molecular weight is 318 g/mol. The van der Waals surface area contributed by atoms with E-state index >= 15 is 0 Å². The second-order valence-corrected chi connectivity index (χ2v) is 5.32. The molecule has 0 amide bonds. The number of rotatable bonds is 1. The number of thiophene rings is 1. The monoisotopic (exact) mass is 318 g/mol. The lowest BCUT2D eigenvalue weighted by Gasteiger charge is -1.97. The van der Waals surface area contributed by atoms with Gasteiger partial charge in [-0.05, 0) is 47.2 Å². The topological polar surface area (TPSA) is 40.5 Å². The normalized spacial score (nSPS) is 10.9. The molecule has 14 heavy (non-hydrogen) atoms. The third kappa shape index (κ3) is 1.58. The first-order valence-corrected chi connectivity index (χ1v) is 6.04. The Bertz CT molecular complexity index is 481. The molecule has 0 bridgehead atoms. The fraction of sp³-hybridized carbons (Fsp3) is 0.111. The predicted octanol–water partition coefficient (Wildman–Crippen LogP) is 1.49. The minimum absolute atomic E-state index is 0.643.